The predicted octanol–water partition coefficient (Wildman–Crippen LogP) is 4.65. The van der Waals surface area contributed by atoms with Crippen molar-refractivity contribution in [1.29, 1.82) is 5.26 Å². The first-order valence-electron chi connectivity index (χ1n) is 7.76. The summed E-state index contributed by atoms with van der Waals surface area (Å²) >= 11 is 3.47. The lowest BCUT2D eigenvalue weighted by Gasteiger charge is -2.14. The predicted molar refractivity (Wildman–Crippen MR) is 105 cm³/mol. The van der Waals surface area contributed by atoms with Crippen molar-refractivity contribution < 1.29 is 9.47 Å². The summed E-state index contributed by atoms with van der Waals surface area (Å²) in [5.74, 6) is 1.53. The van der Waals surface area contributed by atoms with E-state index in [2.05, 4.69) is 27.0 Å². The summed E-state index contributed by atoms with van der Waals surface area (Å²) in [5, 5.41) is 9.59. The average Bonchev–Trinajstić information content (AvgIpc) is 2.67. The Morgan fingerprint density at radius 3 is 2.54 bits per heavy atom. The fourth-order valence-corrected chi connectivity index (χ4v) is 3.08. The smallest absolute Gasteiger partial charge is 0.142 e. The van der Waals surface area contributed by atoms with Crippen LogP contribution in [0.25, 0.3) is 22.4 Å². The highest BCUT2D eigenvalue weighted by molar-refractivity contribution is 9.10. The Bertz CT molecular complexity index is 1010. The summed E-state index contributed by atoms with van der Waals surface area (Å²) in [7, 11) is 3.20. The minimum absolute atomic E-state index is 0.171. The Hall–Kier alpha value is -3.04. The number of nitriles is 1. The second-order valence-corrected chi connectivity index (χ2v) is 6.42. The van der Waals surface area contributed by atoms with E-state index in [1.54, 1.807) is 14.2 Å². The van der Waals surface area contributed by atoms with E-state index in [1.807, 2.05) is 48.5 Å². The number of hydrogen-bond acceptors (Lipinski definition) is 5. The van der Waals surface area contributed by atoms with E-state index >= 15 is 0 Å². The highest BCUT2D eigenvalue weighted by Gasteiger charge is 2.17. The molecule has 26 heavy (non-hydrogen) atoms. The van der Waals surface area contributed by atoms with E-state index in [0.29, 0.717) is 28.3 Å². The number of benzene rings is 2. The van der Waals surface area contributed by atoms with Crippen molar-refractivity contribution in [2.24, 2.45) is 0 Å². The number of pyridine rings is 1. The zero-order valence-corrected chi connectivity index (χ0v) is 15.9. The monoisotopic (exact) mass is 409 g/mol. The van der Waals surface area contributed by atoms with Gasteiger partial charge in [0.15, 0.2) is 0 Å². The van der Waals surface area contributed by atoms with Gasteiger partial charge in [-0.3, -0.25) is 0 Å². The second kappa shape index (κ2) is 7.46. The Kier molecular flexibility index (Phi) is 5.10. The van der Waals surface area contributed by atoms with E-state index in [0.717, 1.165) is 15.6 Å². The summed E-state index contributed by atoms with van der Waals surface area (Å²) in [6.45, 7) is 0. The molecule has 0 fully saturated rings. The molecule has 1 aromatic heterocycles. The molecular weight excluding hydrogens is 394 g/mol. The topological polar surface area (TPSA) is 81.2 Å². The summed E-state index contributed by atoms with van der Waals surface area (Å²) in [6, 6.07) is 17.1. The molecule has 0 atom stereocenters. The van der Waals surface area contributed by atoms with E-state index < -0.39 is 0 Å². The molecule has 0 bridgehead atoms. The third-order valence-electron chi connectivity index (χ3n) is 3.98. The summed E-state index contributed by atoms with van der Waals surface area (Å²) < 4.78 is 11.6. The maximum Gasteiger partial charge on any atom is 0.142 e. The van der Waals surface area contributed by atoms with Gasteiger partial charge in [-0.2, -0.15) is 5.26 Å². The molecule has 3 rings (SSSR count). The Balaban J connectivity index is 2.27. The third-order valence-corrected chi connectivity index (χ3v) is 4.47. The van der Waals surface area contributed by atoms with Gasteiger partial charge in [-0.15, -0.1) is 0 Å². The van der Waals surface area contributed by atoms with Crippen molar-refractivity contribution in [1.82, 2.24) is 4.98 Å². The van der Waals surface area contributed by atoms with Gasteiger partial charge < -0.3 is 15.2 Å². The lowest BCUT2D eigenvalue weighted by atomic mass is 9.97. The van der Waals surface area contributed by atoms with Crippen LogP contribution in [0.3, 0.4) is 0 Å². The van der Waals surface area contributed by atoms with Gasteiger partial charge in [-0.25, -0.2) is 4.98 Å². The molecule has 130 valence electrons. The second-order valence-electron chi connectivity index (χ2n) is 5.50. The SMILES string of the molecule is COc1cccc(-c2cc(-c3cc(Br)ccc3OC)c(C#N)c(N)n2)c1. The first-order chi connectivity index (χ1) is 12.6. The van der Waals surface area contributed by atoms with Crippen LogP contribution < -0.4 is 15.2 Å². The van der Waals surface area contributed by atoms with Crippen LogP contribution in [0, 0.1) is 11.3 Å². The van der Waals surface area contributed by atoms with Crippen LogP contribution in [0.5, 0.6) is 11.5 Å². The largest absolute Gasteiger partial charge is 0.497 e. The van der Waals surface area contributed by atoms with Crippen molar-refractivity contribution in [3.8, 4) is 40.0 Å². The maximum atomic E-state index is 9.59. The Labute approximate surface area is 160 Å². The highest BCUT2D eigenvalue weighted by atomic mass is 79.9. The van der Waals surface area contributed by atoms with Gasteiger partial charge in [0.2, 0.25) is 0 Å². The number of hydrogen-bond donors (Lipinski definition) is 1. The number of aromatic nitrogens is 1. The van der Waals surface area contributed by atoms with Gasteiger partial charge in [-0.05, 0) is 36.4 Å². The molecule has 0 aliphatic rings. The van der Waals surface area contributed by atoms with Gasteiger partial charge in [0, 0.05) is 21.2 Å². The molecule has 0 saturated heterocycles. The number of nitrogens with zero attached hydrogens (tertiary/aromatic N) is 2. The van der Waals surface area contributed by atoms with Crippen LogP contribution in [-0.2, 0) is 0 Å². The number of nitrogens with two attached hydrogens (primary N) is 1. The van der Waals surface area contributed by atoms with Crippen LogP contribution >= 0.6 is 15.9 Å². The number of ether oxygens (including phenoxy) is 2. The molecule has 0 aliphatic carbocycles. The zero-order valence-electron chi connectivity index (χ0n) is 14.3. The number of rotatable bonds is 4. The van der Waals surface area contributed by atoms with Gasteiger partial charge in [0.05, 0.1) is 19.9 Å². The minimum atomic E-state index is 0.171. The molecule has 0 amide bonds. The Morgan fingerprint density at radius 1 is 1.04 bits per heavy atom. The first-order valence-corrected chi connectivity index (χ1v) is 8.55. The zero-order chi connectivity index (χ0) is 18.7. The van der Waals surface area contributed by atoms with Crippen molar-refractivity contribution in [2.75, 3.05) is 20.0 Å². The van der Waals surface area contributed by atoms with Gasteiger partial charge in [0.25, 0.3) is 0 Å². The van der Waals surface area contributed by atoms with E-state index in [-0.39, 0.29) is 5.82 Å². The van der Waals surface area contributed by atoms with Crippen molar-refractivity contribution in [3.05, 3.63) is 58.6 Å². The van der Waals surface area contributed by atoms with Crippen LogP contribution in [0.15, 0.2) is 53.0 Å². The number of anilines is 1. The fourth-order valence-electron chi connectivity index (χ4n) is 2.72. The van der Waals surface area contributed by atoms with Gasteiger partial charge in [-0.1, -0.05) is 28.1 Å². The molecule has 0 aliphatic heterocycles. The minimum Gasteiger partial charge on any atom is -0.497 e. The quantitative estimate of drug-likeness (QED) is 0.677. The molecule has 6 heteroatoms. The molecule has 0 radical (unpaired) electrons. The van der Waals surface area contributed by atoms with Crippen molar-refractivity contribution in [2.45, 2.75) is 0 Å². The normalized spacial score (nSPS) is 10.2. The van der Waals surface area contributed by atoms with Crippen molar-refractivity contribution in [3.63, 3.8) is 0 Å². The molecule has 3 aromatic rings. The molecule has 5 nitrogen and oxygen atoms in total. The summed E-state index contributed by atoms with van der Waals surface area (Å²) in [5.41, 5.74) is 9.32. The van der Waals surface area contributed by atoms with E-state index in [4.69, 9.17) is 15.2 Å². The highest BCUT2D eigenvalue weighted by Crippen LogP contribution is 2.38. The van der Waals surface area contributed by atoms with Crippen molar-refractivity contribution >= 4 is 21.7 Å². The Morgan fingerprint density at radius 2 is 1.85 bits per heavy atom. The summed E-state index contributed by atoms with van der Waals surface area (Å²) in [6.07, 6.45) is 0. The van der Waals surface area contributed by atoms with Crippen LogP contribution in [0.2, 0.25) is 0 Å². The maximum absolute atomic E-state index is 9.59. The number of methoxy groups -OCH3 is 2. The number of nitrogen functional groups attached to an aromatic ring is 1. The lowest BCUT2D eigenvalue weighted by molar-refractivity contribution is 0.415. The molecule has 2 aromatic carbocycles. The van der Waals surface area contributed by atoms with Crippen LogP contribution in [0.1, 0.15) is 5.56 Å². The fraction of sp³-hybridized carbons (Fsp3) is 0.100. The first kappa shape index (κ1) is 17.8. The van der Waals surface area contributed by atoms with Gasteiger partial charge >= 0.3 is 0 Å². The van der Waals surface area contributed by atoms with E-state index in [1.165, 1.54) is 0 Å². The third kappa shape index (κ3) is 3.35. The number of halogens is 1. The van der Waals surface area contributed by atoms with E-state index in [9.17, 15) is 5.26 Å². The molecular formula is C20H16BrN3O2. The summed E-state index contributed by atoms with van der Waals surface area (Å²) in [4.78, 5) is 4.40. The molecule has 1 heterocycles. The standard InChI is InChI=1S/C20H16BrN3O2/c1-25-14-5-3-4-12(8-14)18-10-15(17(11-22)20(23)24-18)16-9-13(21)6-7-19(16)26-2/h3-10H,1-2H3,(H2,23,24). The average molecular weight is 410 g/mol. The van der Waals surface area contributed by atoms with Gasteiger partial charge in [0.1, 0.15) is 28.9 Å². The van der Waals surface area contributed by atoms with Crippen LogP contribution in [-0.4, -0.2) is 19.2 Å². The molecule has 0 unspecified atom stereocenters. The lowest BCUT2D eigenvalue weighted by Crippen LogP contribution is -2.01. The molecule has 0 spiro atoms. The van der Waals surface area contributed by atoms with Crippen LogP contribution in [0.4, 0.5) is 5.82 Å². The molecule has 0 saturated carbocycles. The molecule has 2 N–H and O–H groups in total.